The third kappa shape index (κ3) is 5.09. The van der Waals surface area contributed by atoms with E-state index in [2.05, 4.69) is 16.3 Å². The molecule has 0 bridgehead atoms. The molecule has 1 aliphatic heterocycles. The molecule has 2 aromatic rings. The first-order chi connectivity index (χ1) is 12.8. The van der Waals surface area contributed by atoms with Crippen LogP contribution in [0.3, 0.4) is 0 Å². The van der Waals surface area contributed by atoms with E-state index in [9.17, 15) is 5.11 Å². The van der Waals surface area contributed by atoms with Gasteiger partial charge in [-0.2, -0.15) is 5.26 Å². The van der Waals surface area contributed by atoms with E-state index >= 15 is 0 Å². The highest BCUT2D eigenvalue weighted by Gasteiger charge is 2.25. The first kappa shape index (κ1) is 18.5. The number of hydrogen-bond donors (Lipinski definition) is 2. The molecule has 2 heterocycles. The third-order valence-electron chi connectivity index (χ3n) is 4.60. The average Bonchev–Trinajstić information content (AvgIpc) is 3.38. The first-order valence-electron chi connectivity index (χ1n) is 9.05. The Kier molecular flexibility index (Phi) is 6.67. The van der Waals surface area contributed by atoms with Gasteiger partial charge in [-0.1, -0.05) is 0 Å². The molecule has 0 amide bonds. The number of furan rings is 1. The largest absolute Gasteiger partial charge is 0.491 e. The molecule has 2 N–H and O–H groups in total. The normalized spacial score (nSPS) is 16.9. The first-order valence-corrected chi connectivity index (χ1v) is 9.05. The summed E-state index contributed by atoms with van der Waals surface area (Å²) >= 11 is 0. The van der Waals surface area contributed by atoms with Gasteiger partial charge in [0.25, 0.3) is 0 Å². The van der Waals surface area contributed by atoms with Crippen molar-refractivity contribution in [2.24, 2.45) is 0 Å². The van der Waals surface area contributed by atoms with Gasteiger partial charge in [0.1, 0.15) is 24.2 Å². The molecule has 26 heavy (non-hydrogen) atoms. The van der Waals surface area contributed by atoms with Crippen LogP contribution in [-0.2, 0) is 0 Å². The van der Waals surface area contributed by atoms with Crippen molar-refractivity contribution < 1.29 is 14.3 Å². The average molecular weight is 355 g/mol. The predicted molar refractivity (Wildman–Crippen MR) is 97.8 cm³/mol. The number of hydrogen-bond acceptors (Lipinski definition) is 6. The van der Waals surface area contributed by atoms with Crippen LogP contribution in [0.4, 0.5) is 0 Å². The highest BCUT2D eigenvalue weighted by Crippen LogP contribution is 2.24. The van der Waals surface area contributed by atoms with Crippen LogP contribution in [0.2, 0.25) is 0 Å². The summed E-state index contributed by atoms with van der Waals surface area (Å²) in [6.07, 6.45) is 3.54. The Bertz CT molecular complexity index is 688. The molecule has 1 aromatic carbocycles. The van der Waals surface area contributed by atoms with Crippen LogP contribution in [0.15, 0.2) is 47.1 Å². The van der Waals surface area contributed by atoms with E-state index in [0.29, 0.717) is 17.9 Å². The maximum Gasteiger partial charge on any atom is 0.122 e. The van der Waals surface area contributed by atoms with E-state index in [1.54, 1.807) is 30.5 Å². The SMILES string of the molecule is N#Cc1ccc(OC[C@@H](O)CNC[C@H](c2ccco2)N2CCCC2)cc1. The Labute approximate surface area is 154 Å². The summed E-state index contributed by atoms with van der Waals surface area (Å²) in [5, 5.41) is 22.3. The van der Waals surface area contributed by atoms with E-state index < -0.39 is 6.10 Å². The number of nitrogens with one attached hydrogen (secondary N) is 1. The summed E-state index contributed by atoms with van der Waals surface area (Å²) in [4.78, 5) is 2.42. The maximum atomic E-state index is 10.1. The molecule has 0 saturated carbocycles. The lowest BCUT2D eigenvalue weighted by Gasteiger charge is -2.26. The fourth-order valence-electron chi connectivity index (χ4n) is 3.21. The Balaban J connectivity index is 1.42. The van der Waals surface area contributed by atoms with E-state index in [0.717, 1.165) is 25.4 Å². The van der Waals surface area contributed by atoms with Gasteiger partial charge in [0, 0.05) is 13.1 Å². The Morgan fingerprint density at radius 2 is 1.96 bits per heavy atom. The summed E-state index contributed by atoms with van der Waals surface area (Å²) in [5.74, 6) is 1.61. The van der Waals surface area contributed by atoms with Gasteiger partial charge in [-0.05, 0) is 62.3 Å². The predicted octanol–water partition coefficient (Wildman–Crippen LogP) is 2.32. The van der Waals surface area contributed by atoms with E-state index in [1.807, 2.05) is 12.1 Å². The Morgan fingerprint density at radius 1 is 1.19 bits per heavy atom. The van der Waals surface area contributed by atoms with Gasteiger partial charge in [-0.15, -0.1) is 0 Å². The second-order valence-corrected chi connectivity index (χ2v) is 6.53. The highest BCUT2D eigenvalue weighted by molar-refractivity contribution is 5.34. The fourth-order valence-corrected chi connectivity index (χ4v) is 3.21. The van der Waals surface area contributed by atoms with E-state index in [1.165, 1.54) is 12.8 Å². The van der Waals surface area contributed by atoms with Crippen molar-refractivity contribution in [2.45, 2.75) is 25.0 Å². The number of rotatable bonds is 9. The fraction of sp³-hybridized carbons (Fsp3) is 0.450. The molecule has 1 aliphatic rings. The molecule has 0 aliphatic carbocycles. The summed E-state index contributed by atoms with van der Waals surface area (Å²) in [7, 11) is 0. The number of benzene rings is 1. The highest BCUT2D eigenvalue weighted by atomic mass is 16.5. The van der Waals surface area contributed by atoms with Crippen molar-refractivity contribution in [1.29, 1.82) is 5.26 Å². The minimum atomic E-state index is -0.610. The number of nitriles is 1. The zero-order valence-electron chi connectivity index (χ0n) is 14.8. The smallest absolute Gasteiger partial charge is 0.122 e. The topological polar surface area (TPSA) is 81.7 Å². The number of ether oxygens (including phenoxy) is 1. The van der Waals surface area contributed by atoms with Crippen molar-refractivity contribution in [1.82, 2.24) is 10.2 Å². The van der Waals surface area contributed by atoms with Gasteiger partial charge in [0.15, 0.2) is 0 Å². The lowest BCUT2D eigenvalue weighted by atomic mass is 10.2. The second kappa shape index (κ2) is 9.39. The number of aliphatic hydroxyl groups is 1. The Morgan fingerprint density at radius 3 is 2.62 bits per heavy atom. The van der Waals surface area contributed by atoms with Crippen LogP contribution in [0.1, 0.15) is 30.2 Å². The zero-order chi connectivity index (χ0) is 18.2. The van der Waals surface area contributed by atoms with Crippen molar-refractivity contribution in [2.75, 3.05) is 32.8 Å². The summed E-state index contributed by atoms with van der Waals surface area (Å²) in [6, 6.07) is 13.1. The van der Waals surface area contributed by atoms with Crippen molar-refractivity contribution in [3.05, 3.63) is 54.0 Å². The standard InChI is InChI=1S/C20H25N3O3/c21-12-16-5-7-18(8-6-16)26-15-17(24)13-22-14-19(20-4-3-11-25-20)23-9-1-2-10-23/h3-8,11,17,19,22,24H,1-2,9-10,13-15H2/t17-,19+/m0/s1. The van der Waals surface area contributed by atoms with Crippen molar-refractivity contribution >= 4 is 0 Å². The molecule has 2 atom stereocenters. The van der Waals surface area contributed by atoms with Crippen LogP contribution < -0.4 is 10.1 Å². The van der Waals surface area contributed by atoms with Crippen LogP contribution in [-0.4, -0.2) is 48.9 Å². The molecule has 0 radical (unpaired) electrons. The Hall–Kier alpha value is -2.33. The van der Waals surface area contributed by atoms with Crippen molar-refractivity contribution in [3.63, 3.8) is 0 Å². The summed E-state index contributed by atoms with van der Waals surface area (Å²) < 4.78 is 11.2. The summed E-state index contributed by atoms with van der Waals surface area (Å²) in [5.41, 5.74) is 0.588. The molecular formula is C20H25N3O3. The van der Waals surface area contributed by atoms with Crippen LogP contribution in [0, 0.1) is 11.3 Å². The molecule has 1 aromatic heterocycles. The zero-order valence-corrected chi connectivity index (χ0v) is 14.8. The van der Waals surface area contributed by atoms with E-state index in [4.69, 9.17) is 14.4 Å². The van der Waals surface area contributed by atoms with Gasteiger partial charge >= 0.3 is 0 Å². The van der Waals surface area contributed by atoms with Gasteiger partial charge in [-0.25, -0.2) is 0 Å². The van der Waals surface area contributed by atoms with E-state index in [-0.39, 0.29) is 12.6 Å². The third-order valence-corrected chi connectivity index (χ3v) is 4.60. The van der Waals surface area contributed by atoms with Crippen LogP contribution >= 0.6 is 0 Å². The van der Waals surface area contributed by atoms with Gasteiger partial charge in [0.05, 0.1) is 23.9 Å². The lowest BCUT2D eigenvalue weighted by molar-refractivity contribution is 0.103. The summed E-state index contributed by atoms with van der Waals surface area (Å²) in [6.45, 7) is 3.53. The van der Waals surface area contributed by atoms with Crippen LogP contribution in [0.5, 0.6) is 5.75 Å². The molecule has 6 heteroatoms. The molecule has 138 valence electrons. The number of likely N-dealkylation sites (tertiary alicyclic amines) is 1. The number of aliphatic hydroxyl groups excluding tert-OH is 1. The monoisotopic (exact) mass is 355 g/mol. The molecule has 3 rings (SSSR count). The van der Waals surface area contributed by atoms with Gasteiger partial charge in [-0.3, -0.25) is 4.90 Å². The van der Waals surface area contributed by atoms with Gasteiger partial charge in [0.2, 0.25) is 0 Å². The molecule has 0 unspecified atom stereocenters. The molecule has 6 nitrogen and oxygen atoms in total. The second-order valence-electron chi connectivity index (χ2n) is 6.53. The maximum absolute atomic E-state index is 10.1. The molecule has 1 fully saturated rings. The lowest BCUT2D eigenvalue weighted by Crippen LogP contribution is -2.38. The molecular weight excluding hydrogens is 330 g/mol. The van der Waals surface area contributed by atoms with Crippen LogP contribution in [0.25, 0.3) is 0 Å². The molecule has 0 spiro atoms. The quantitative estimate of drug-likeness (QED) is 0.718. The minimum Gasteiger partial charge on any atom is -0.491 e. The molecule has 1 saturated heterocycles. The number of nitrogens with zero attached hydrogens (tertiary/aromatic N) is 2. The van der Waals surface area contributed by atoms with Crippen molar-refractivity contribution in [3.8, 4) is 11.8 Å². The minimum absolute atomic E-state index is 0.194. The van der Waals surface area contributed by atoms with Gasteiger partial charge < -0.3 is 19.6 Å².